The summed E-state index contributed by atoms with van der Waals surface area (Å²) in [5.41, 5.74) is -0.695. The van der Waals surface area contributed by atoms with Gasteiger partial charge in [-0.3, -0.25) is 19.2 Å². The molecule has 8 nitrogen and oxygen atoms in total. The maximum absolute atomic E-state index is 14.2. The fourth-order valence-electron chi connectivity index (χ4n) is 7.61. The van der Waals surface area contributed by atoms with Gasteiger partial charge in [0.1, 0.15) is 0 Å². The van der Waals surface area contributed by atoms with Gasteiger partial charge < -0.3 is 4.74 Å². The van der Waals surface area contributed by atoms with Gasteiger partial charge in [-0.25, -0.2) is 14.6 Å². The van der Waals surface area contributed by atoms with Crippen LogP contribution in [0, 0.1) is 35.0 Å². The molecule has 2 heterocycles. The molecule has 7 rings (SSSR count). The number of rotatable bonds is 4. The molecule has 2 unspecified atom stereocenters. The average Bonchev–Trinajstić information content (AvgIpc) is 3.31. The topological polar surface area (TPSA) is 101 Å². The number of anilines is 2. The van der Waals surface area contributed by atoms with Gasteiger partial charge in [0.2, 0.25) is 23.6 Å². The first-order valence-electron chi connectivity index (χ1n) is 12.9. The fraction of sp³-hybridized carbons (Fsp3) is 0.345. The molecule has 12 heteroatoms. The van der Waals surface area contributed by atoms with Crippen LogP contribution in [0.25, 0.3) is 0 Å². The van der Waals surface area contributed by atoms with Crippen LogP contribution in [0.15, 0.2) is 47.5 Å². The van der Waals surface area contributed by atoms with Crippen LogP contribution in [-0.2, 0) is 28.7 Å². The number of imide groups is 2. The Morgan fingerprint density at radius 1 is 0.780 bits per heavy atom. The molecule has 2 bridgehead atoms. The molecule has 41 heavy (non-hydrogen) atoms. The minimum absolute atomic E-state index is 0.0529. The predicted octanol–water partition coefficient (Wildman–Crippen LogP) is 5.74. The molecule has 212 valence electrons. The molecule has 3 fully saturated rings. The molecule has 2 aromatic rings. The van der Waals surface area contributed by atoms with Crippen molar-refractivity contribution in [2.45, 2.75) is 20.8 Å². The van der Waals surface area contributed by atoms with Gasteiger partial charge in [0.15, 0.2) is 0 Å². The quantitative estimate of drug-likeness (QED) is 0.314. The number of hydrogen-bond acceptors (Lipinski definition) is 6. The van der Waals surface area contributed by atoms with Gasteiger partial charge in [0.25, 0.3) is 0 Å². The Hall–Kier alpha value is -2.91. The fourth-order valence-corrected chi connectivity index (χ4v) is 8.60. The second-order valence-electron chi connectivity index (χ2n) is 10.8. The number of halogens is 4. The number of carbonyl (C=O) groups is 5. The van der Waals surface area contributed by atoms with E-state index in [-0.39, 0.29) is 33.6 Å². The van der Waals surface area contributed by atoms with E-state index in [0.717, 1.165) is 9.80 Å². The van der Waals surface area contributed by atoms with E-state index in [2.05, 4.69) is 0 Å². The Morgan fingerprint density at radius 2 is 1.22 bits per heavy atom. The second kappa shape index (κ2) is 9.56. The van der Waals surface area contributed by atoms with E-state index in [1.807, 2.05) is 0 Å². The highest BCUT2D eigenvalue weighted by molar-refractivity contribution is 6.40. The second-order valence-corrected chi connectivity index (χ2v) is 12.5. The summed E-state index contributed by atoms with van der Waals surface area (Å²) in [5, 5.41) is 0.801. The highest BCUT2D eigenvalue weighted by Gasteiger charge is 2.77. The van der Waals surface area contributed by atoms with Crippen LogP contribution >= 0.6 is 46.4 Å². The van der Waals surface area contributed by atoms with Crippen LogP contribution in [0.4, 0.5) is 11.4 Å². The molecule has 4 amide bonds. The number of nitrogens with zero attached hydrogens (tertiary/aromatic N) is 2. The molecule has 6 atom stereocenters. The zero-order valence-electron chi connectivity index (χ0n) is 21.9. The summed E-state index contributed by atoms with van der Waals surface area (Å²) in [6, 6.07) is 8.78. The normalized spacial score (nSPS) is 30.4. The third kappa shape index (κ3) is 3.63. The number of benzene rings is 2. The number of ether oxygens (including phenoxy) is 1. The first kappa shape index (κ1) is 28.2. The van der Waals surface area contributed by atoms with E-state index in [1.165, 1.54) is 36.4 Å². The van der Waals surface area contributed by atoms with Crippen molar-refractivity contribution in [3.05, 3.63) is 67.6 Å². The molecular weight excluding hydrogens is 614 g/mol. The zero-order valence-corrected chi connectivity index (χ0v) is 24.9. The van der Waals surface area contributed by atoms with Gasteiger partial charge in [-0.05, 0) is 50.2 Å². The van der Waals surface area contributed by atoms with Crippen LogP contribution in [0.5, 0.6) is 0 Å². The molecule has 1 saturated carbocycles. The molecule has 0 spiro atoms. The summed E-state index contributed by atoms with van der Waals surface area (Å²) >= 11 is 24.9. The van der Waals surface area contributed by atoms with E-state index in [4.69, 9.17) is 51.1 Å². The maximum atomic E-state index is 14.2. The van der Waals surface area contributed by atoms with Crippen molar-refractivity contribution in [2.75, 3.05) is 16.4 Å². The van der Waals surface area contributed by atoms with Crippen molar-refractivity contribution in [2.24, 2.45) is 35.0 Å². The maximum Gasteiger partial charge on any atom is 0.334 e. The number of carbonyl (C=O) groups excluding carboxylic acids is 5. The van der Waals surface area contributed by atoms with Crippen molar-refractivity contribution < 1.29 is 28.7 Å². The Kier molecular flexibility index (Phi) is 6.58. The first-order chi connectivity index (χ1) is 19.4. The predicted molar refractivity (Wildman–Crippen MR) is 153 cm³/mol. The summed E-state index contributed by atoms with van der Waals surface area (Å²) in [4.78, 5) is 72.1. The largest absolute Gasteiger partial charge is 0.463 e. The van der Waals surface area contributed by atoms with Gasteiger partial charge in [0, 0.05) is 27.0 Å². The summed E-state index contributed by atoms with van der Waals surface area (Å²) in [5.74, 6) is -8.28. The van der Waals surface area contributed by atoms with Crippen molar-refractivity contribution in [1.82, 2.24) is 0 Å². The lowest BCUT2D eigenvalue weighted by Crippen LogP contribution is -2.61. The smallest absolute Gasteiger partial charge is 0.334 e. The molecule has 2 saturated heterocycles. The van der Waals surface area contributed by atoms with E-state index in [9.17, 15) is 24.0 Å². The number of hydrogen-bond donors (Lipinski definition) is 0. The molecule has 2 aromatic carbocycles. The van der Waals surface area contributed by atoms with E-state index >= 15 is 0 Å². The minimum atomic E-state index is -1.55. The first-order valence-corrected chi connectivity index (χ1v) is 14.4. The van der Waals surface area contributed by atoms with Gasteiger partial charge in [0.05, 0.1) is 51.7 Å². The Labute approximate surface area is 255 Å². The Bertz CT molecular complexity index is 1540. The zero-order chi connectivity index (χ0) is 29.7. The van der Waals surface area contributed by atoms with Crippen molar-refractivity contribution in [3.8, 4) is 0 Å². The highest BCUT2D eigenvalue weighted by atomic mass is 35.5. The van der Waals surface area contributed by atoms with Crippen LogP contribution in [0.2, 0.25) is 20.1 Å². The van der Waals surface area contributed by atoms with Gasteiger partial charge >= 0.3 is 5.97 Å². The minimum Gasteiger partial charge on any atom is -0.463 e. The lowest BCUT2D eigenvalue weighted by Gasteiger charge is -2.55. The molecule has 0 aromatic heterocycles. The molecule has 2 aliphatic heterocycles. The lowest BCUT2D eigenvalue weighted by atomic mass is 9.43. The van der Waals surface area contributed by atoms with Crippen LogP contribution in [-0.4, -0.2) is 36.2 Å². The standard InChI is InChI=1S/C29H22Cl4N2O6/c1-4-41-28(40)21-11(2)18-19-22(26(38)34(24(19)36)16-7-5-12(30)9-14(16)32)29(21,3)23-20(18)25(37)35(27(23)39)17-8-6-13(31)10-15(17)33/h5-10,18-20,22-23H,4H2,1-3H3/t18?,19-,20-,22-,23+,29?/m1/s1. The van der Waals surface area contributed by atoms with E-state index < -0.39 is 64.6 Å². The number of allylic oxidation sites excluding steroid dienone is 1. The van der Waals surface area contributed by atoms with E-state index in [0.29, 0.717) is 15.6 Å². The van der Waals surface area contributed by atoms with E-state index in [1.54, 1.807) is 20.8 Å². The lowest BCUT2D eigenvalue weighted by molar-refractivity contribution is -0.155. The van der Waals surface area contributed by atoms with Crippen LogP contribution < -0.4 is 9.80 Å². The number of esters is 1. The third-order valence-corrected chi connectivity index (χ3v) is 10.1. The van der Waals surface area contributed by atoms with Crippen LogP contribution in [0.1, 0.15) is 20.8 Å². The van der Waals surface area contributed by atoms with Gasteiger partial charge in [-0.1, -0.05) is 58.9 Å². The van der Waals surface area contributed by atoms with Crippen molar-refractivity contribution in [3.63, 3.8) is 0 Å². The molecular formula is C29H22Cl4N2O6. The van der Waals surface area contributed by atoms with Crippen molar-refractivity contribution >= 4 is 87.4 Å². The highest BCUT2D eigenvalue weighted by Crippen LogP contribution is 2.69. The summed E-state index contributed by atoms with van der Waals surface area (Å²) in [7, 11) is 0. The summed E-state index contributed by atoms with van der Waals surface area (Å²) in [6.07, 6.45) is 0. The van der Waals surface area contributed by atoms with Crippen LogP contribution in [0.3, 0.4) is 0 Å². The molecule has 3 aliphatic carbocycles. The Balaban J connectivity index is 1.55. The number of amides is 4. The molecule has 0 radical (unpaired) electrons. The average molecular weight is 636 g/mol. The van der Waals surface area contributed by atoms with Gasteiger partial charge in [-0.2, -0.15) is 0 Å². The Morgan fingerprint density at radius 3 is 1.61 bits per heavy atom. The summed E-state index contributed by atoms with van der Waals surface area (Å²) < 4.78 is 5.39. The molecule has 0 N–H and O–H groups in total. The third-order valence-electron chi connectivity index (χ3n) is 8.98. The SMILES string of the molecule is CCOC(=O)C1=C(C)C2[C@H]3C(=O)N(c4ccc(Cl)cc4Cl)C(=O)[C@H]3C1(C)[C@H]1C(=O)N(c3ccc(Cl)cc3Cl)C(=O)[C@H]21. The van der Waals surface area contributed by atoms with Gasteiger partial charge in [-0.15, -0.1) is 0 Å². The van der Waals surface area contributed by atoms with Crippen molar-refractivity contribution in [1.29, 1.82) is 0 Å². The summed E-state index contributed by atoms with van der Waals surface area (Å²) in [6.45, 7) is 4.96. The molecule has 5 aliphatic rings. The monoisotopic (exact) mass is 634 g/mol.